The molecule has 1 aromatic carbocycles. The zero-order chi connectivity index (χ0) is 23.2. The maximum Gasteiger partial charge on any atom is 0.257 e. The van der Waals surface area contributed by atoms with Crippen LogP contribution in [0.1, 0.15) is 54.0 Å². The zero-order valence-electron chi connectivity index (χ0n) is 19.4. The summed E-state index contributed by atoms with van der Waals surface area (Å²) in [5.41, 5.74) is 4.20. The van der Waals surface area contributed by atoms with E-state index in [-0.39, 0.29) is 11.6 Å². The summed E-state index contributed by atoms with van der Waals surface area (Å²) < 4.78 is 1.92. The molecule has 0 aliphatic heterocycles. The molecule has 3 aromatic rings. The first kappa shape index (κ1) is 23.6. The number of aromatic nitrogens is 3. The van der Waals surface area contributed by atoms with E-state index in [9.17, 15) is 4.79 Å². The number of fused-ring (bicyclic) bond motifs is 1. The van der Waals surface area contributed by atoms with Crippen molar-refractivity contribution in [1.82, 2.24) is 24.8 Å². The Morgan fingerprint density at radius 1 is 1.15 bits per heavy atom. The predicted octanol–water partition coefficient (Wildman–Crippen LogP) is 4.00. The normalized spacial score (nSPS) is 13.9. The molecule has 1 N–H and O–H groups in total. The third kappa shape index (κ3) is 5.52. The molecule has 33 heavy (non-hydrogen) atoms. The van der Waals surface area contributed by atoms with Crippen molar-refractivity contribution >= 4 is 11.6 Å². The number of nitrogens with one attached hydrogen (secondary N) is 1. The van der Waals surface area contributed by atoms with E-state index >= 15 is 0 Å². The number of halogens is 1. The Hall–Kier alpha value is -2.54. The molecular formula is C26H32ClN5O. The van der Waals surface area contributed by atoms with Gasteiger partial charge in [0, 0.05) is 31.4 Å². The Labute approximate surface area is 200 Å². The van der Waals surface area contributed by atoms with Crippen LogP contribution in [-0.4, -0.2) is 39.6 Å². The fraction of sp³-hybridized carbons (Fsp3) is 0.423. The van der Waals surface area contributed by atoms with Gasteiger partial charge in [0.05, 0.1) is 18.3 Å². The van der Waals surface area contributed by atoms with Crippen molar-refractivity contribution in [2.24, 2.45) is 0 Å². The van der Waals surface area contributed by atoms with Crippen molar-refractivity contribution in [3.8, 4) is 0 Å². The molecule has 174 valence electrons. The second-order valence-electron chi connectivity index (χ2n) is 8.61. The topological polar surface area (TPSA) is 63.1 Å². The summed E-state index contributed by atoms with van der Waals surface area (Å²) >= 11 is 6.00. The van der Waals surface area contributed by atoms with Crippen LogP contribution in [0, 0.1) is 0 Å². The number of aryl methyl sites for hydroxylation is 1. The van der Waals surface area contributed by atoms with Crippen LogP contribution in [0.15, 0.2) is 53.5 Å². The fourth-order valence-electron chi connectivity index (χ4n) is 4.66. The lowest BCUT2D eigenvalue weighted by atomic mass is 10.1. The third-order valence-corrected chi connectivity index (χ3v) is 6.57. The van der Waals surface area contributed by atoms with E-state index in [0.717, 1.165) is 67.0 Å². The lowest BCUT2D eigenvalue weighted by Gasteiger charge is -2.32. The SMILES string of the molecule is CCC(c1nc2c(c(=O)n1Cc1ccccc1)CCC2)N(CCNC)Cc1ccc(Cl)nc1. The second-order valence-corrected chi connectivity index (χ2v) is 9.00. The van der Waals surface area contributed by atoms with Gasteiger partial charge in [-0.2, -0.15) is 0 Å². The van der Waals surface area contributed by atoms with Gasteiger partial charge in [-0.3, -0.25) is 14.3 Å². The largest absolute Gasteiger partial charge is 0.318 e. The summed E-state index contributed by atoms with van der Waals surface area (Å²) in [6.45, 7) is 5.08. The molecule has 6 nitrogen and oxygen atoms in total. The van der Waals surface area contributed by atoms with Gasteiger partial charge in [-0.1, -0.05) is 54.9 Å². The zero-order valence-corrected chi connectivity index (χ0v) is 20.2. The lowest BCUT2D eigenvalue weighted by molar-refractivity contribution is 0.172. The number of nitrogens with zero attached hydrogens (tertiary/aromatic N) is 4. The van der Waals surface area contributed by atoms with E-state index in [0.29, 0.717) is 18.2 Å². The highest BCUT2D eigenvalue weighted by Crippen LogP contribution is 2.27. The van der Waals surface area contributed by atoms with Crippen molar-refractivity contribution in [2.75, 3.05) is 20.1 Å². The van der Waals surface area contributed by atoms with Crippen LogP contribution in [0.2, 0.25) is 5.15 Å². The summed E-state index contributed by atoms with van der Waals surface area (Å²) in [5.74, 6) is 0.866. The highest BCUT2D eigenvalue weighted by atomic mass is 35.5. The first-order valence-electron chi connectivity index (χ1n) is 11.8. The fourth-order valence-corrected chi connectivity index (χ4v) is 4.77. The highest BCUT2D eigenvalue weighted by Gasteiger charge is 2.28. The average Bonchev–Trinajstić information content (AvgIpc) is 3.31. The highest BCUT2D eigenvalue weighted by molar-refractivity contribution is 6.29. The van der Waals surface area contributed by atoms with Crippen molar-refractivity contribution in [1.29, 1.82) is 0 Å². The molecule has 0 radical (unpaired) electrons. The monoisotopic (exact) mass is 465 g/mol. The third-order valence-electron chi connectivity index (χ3n) is 6.35. The minimum atomic E-state index is 0.0105. The molecule has 1 unspecified atom stereocenters. The smallest absolute Gasteiger partial charge is 0.257 e. The molecule has 0 saturated carbocycles. The Balaban J connectivity index is 1.76. The van der Waals surface area contributed by atoms with Gasteiger partial charge in [0.15, 0.2) is 0 Å². The quantitative estimate of drug-likeness (QED) is 0.458. The van der Waals surface area contributed by atoms with Gasteiger partial charge in [0.25, 0.3) is 5.56 Å². The molecule has 1 aliphatic carbocycles. The number of likely N-dealkylation sites (N-methyl/N-ethyl adjacent to an activating group) is 1. The van der Waals surface area contributed by atoms with Gasteiger partial charge in [0.2, 0.25) is 0 Å². The van der Waals surface area contributed by atoms with Gasteiger partial charge in [-0.15, -0.1) is 0 Å². The second kappa shape index (κ2) is 11.1. The van der Waals surface area contributed by atoms with E-state index in [4.69, 9.17) is 16.6 Å². The molecule has 1 aliphatic rings. The van der Waals surface area contributed by atoms with Gasteiger partial charge in [0.1, 0.15) is 11.0 Å². The van der Waals surface area contributed by atoms with Gasteiger partial charge < -0.3 is 5.32 Å². The number of benzene rings is 1. The summed E-state index contributed by atoms with van der Waals surface area (Å²) in [5, 5.41) is 3.75. The summed E-state index contributed by atoms with van der Waals surface area (Å²) in [7, 11) is 1.96. The van der Waals surface area contributed by atoms with Gasteiger partial charge >= 0.3 is 0 Å². The average molecular weight is 466 g/mol. The van der Waals surface area contributed by atoms with Gasteiger partial charge in [-0.25, -0.2) is 9.97 Å². The number of pyridine rings is 1. The molecule has 2 heterocycles. The maximum atomic E-state index is 13.6. The lowest BCUT2D eigenvalue weighted by Crippen LogP contribution is -2.39. The first-order valence-corrected chi connectivity index (χ1v) is 12.1. The molecule has 7 heteroatoms. The number of rotatable bonds is 10. The standard InChI is InChI=1S/C26H32ClN5O/c1-3-23(31(15-14-28-2)17-20-12-13-24(27)29-16-20)25-30-22-11-7-10-21(22)26(33)32(25)18-19-8-5-4-6-9-19/h4-6,8-9,12-13,16,23,28H,3,7,10-11,14-15,17-18H2,1-2H3. The van der Waals surface area contributed by atoms with Crippen LogP contribution in [-0.2, 0) is 25.9 Å². The van der Waals surface area contributed by atoms with Gasteiger partial charge in [-0.05, 0) is 49.9 Å². The van der Waals surface area contributed by atoms with Crippen LogP contribution < -0.4 is 10.9 Å². The Bertz CT molecular complexity index is 1110. The molecule has 0 amide bonds. The molecule has 0 fully saturated rings. The minimum absolute atomic E-state index is 0.0105. The van der Waals surface area contributed by atoms with Crippen molar-refractivity contribution in [3.63, 3.8) is 0 Å². The summed E-state index contributed by atoms with van der Waals surface area (Å²) in [6, 6.07) is 14.0. The van der Waals surface area contributed by atoms with Crippen LogP contribution >= 0.6 is 11.6 Å². The Morgan fingerprint density at radius 3 is 2.67 bits per heavy atom. The minimum Gasteiger partial charge on any atom is -0.318 e. The molecule has 4 rings (SSSR count). The van der Waals surface area contributed by atoms with Crippen molar-refractivity contribution in [3.05, 3.63) is 92.4 Å². The predicted molar refractivity (Wildman–Crippen MR) is 133 cm³/mol. The van der Waals surface area contributed by atoms with Crippen molar-refractivity contribution in [2.45, 2.75) is 51.7 Å². The van der Waals surface area contributed by atoms with Crippen LogP contribution in [0.4, 0.5) is 0 Å². The van der Waals surface area contributed by atoms with E-state index in [1.807, 2.05) is 48.1 Å². The summed E-state index contributed by atoms with van der Waals surface area (Å²) in [4.78, 5) is 25.4. The van der Waals surface area contributed by atoms with E-state index in [1.54, 1.807) is 0 Å². The molecule has 0 bridgehead atoms. The molecule has 2 aromatic heterocycles. The van der Waals surface area contributed by atoms with E-state index in [2.05, 4.69) is 34.3 Å². The Kier molecular flexibility index (Phi) is 7.91. The van der Waals surface area contributed by atoms with Crippen LogP contribution in [0.5, 0.6) is 0 Å². The number of hydrogen-bond donors (Lipinski definition) is 1. The first-order chi connectivity index (χ1) is 16.1. The van der Waals surface area contributed by atoms with E-state index < -0.39 is 0 Å². The summed E-state index contributed by atoms with van der Waals surface area (Å²) in [6.07, 6.45) is 5.40. The maximum absolute atomic E-state index is 13.6. The van der Waals surface area contributed by atoms with Crippen LogP contribution in [0.3, 0.4) is 0 Å². The van der Waals surface area contributed by atoms with Crippen molar-refractivity contribution < 1.29 is 0 Å². The molecule has 0 saturated heterocycles. The molecule has 1 atom stereocenters. The number of hydrogen-bond acceptors (Lipinski definition) is 5. The molecule has 0 spiro atoms. The van der Waals surface area contributed by atoms with E-state index in [1.165, 1.54) is 0 Å². The van der Waals surface area contributed by atoms with Crippen LogP contribution in [0.25, 0.3) is 0 Å². The Morgan fingerprint density at radius 2 is 1.97 bits per heavy atom. The molecular weight excluding hydrogens is 434 g/mol.